The predicted octanol–water partition coefficient (Wildman–Crippen LogP) is 4.71. The van der Waals surface area contributed by atoms with Gasteiger partial charge in [0.25, 0.3) is 11.8 Å². The molecule has 6 nitrogen and oxygen atoms in total. The molecule has 2 aromatic carbocycles. The van der Waals surface area contributed by atoms with Crippen LogP contribution in [0.3, 0.4) is 0 Å². The Hall–Kier alpha value is -3.71. The molecule has 1 aromatic heterocycles. The van der Waals surface area contributed by atoms with E-state index in [4.69, 9.17) is 16.0 Å². The van der Waals surface area contributed by atoms with Crippen molar-refractivity contribution in [3.8, 4) is 11.3 Å². The molecule has 1 saturated heterocycles. The third kappa shape index (κ3) is 3.62. The van der Waals surface area contributed by atoms with Crippen LogP contribution in [0.25, 0.3) is 17.4 Å². The second kappa shape index (κ2) is 7.61. The van der Waals surface area contributed by atoms with Gasteiger partial charge in [-0.3, -0.25) is 14.9 Å². The fourth-order valence-electron chi connectivity index (χ4n) is 3.04. The minimum absolute atomic E-state index is 0.0575. The highest BCUT2D eigenvalue weighted by Gasteiger charge is 2.37. The smallest absolute Gasteiger partial charge is 0.335 e. The summed E-state index contributed by atoms with van der Waals surface area (Å²) < 4.78 is 19.0. The first kappa shape index (κ1) is 19.6. The van der Waals surface area contributed by atoms with Crippen molar-refractivity contribution < 1.29 is 23.2 Å². The number of hydrogen-bond acceptors (Lipinski definition) is 4. The molecule has 150 valence electrons. The molecule has 1 N–H and O–H groups in total. The summed E-state index contributed by atoms with van der Waals surface area (Å²) in [6, 6.07) is 13.2. The van der Waals surface area contributed by atoms with Crippen molar-refractivity contribution in [1.82, 2.24) is 5.32 Å². The van der Waals surface area contributed by atoms with Crippen LogP contribution >= 0.6 is 11.6 Å². The molecule has 1 fully saturated rings. The number of halogens is 2. The van der Waals surface area contributed by atoms with Gasteiger partial charge in [-0.1, -0.05) is 23.7 Å². The molecule has 1 aliphatic rings. The van der Waals surface area contributed by atoms with Crippen LogP contribution in [0.2, 0.25) is 5.02 Å². The Morgan fingerprint density at radius 2 is 1.87 bits per heavy atom. The van der Waals surface area contributed by atoms with Gasteiger partial charge in [0.1, 0.15) is 22.9 Å². The molecule has 4 rings (SSSR count). The van der Waals surface area contributed by atoms with Crippen LogP contribution in [0.1, 0.15) is 11.3 Å². The lowest BCUT2D eigenvalue weighted by atomic mass is 10.1. The van der Waals surface area contributed by atoms with Gasteiger partial charge in [0, 0.05) is 5.56 Å². The van der Waals surface area contributed by atoms with E-state index in [1.165, 1.54) is 24.3 Å². The molecule has 0 saturated carbocycles. The summed E-state index contributed by atoms with van der Waals surface area (Å²) in [7, 11) is 0. The van der Waals surface area contributed by atoms with Crippen molar-refractivity contribution in [3.05, 3.63) is 82.3 Å². The van der Waals surface area contributed by atoms with Crippen molar-refractivity contribution in [2.24, 2.45) is 0 Å². The summed E-state index contributed by atoms with van der Waals surface area (Å²) in [6.07, 6.45) is 1.25. The maximum Gasteiger partial charge on any atom is 0.335 e. The summed E-state index contributed by atoms with van der Waals surface area (Å²) in [5.74, 6) is -1.56. The lowest BCUT2D eigenvalue weighted by Gasteiger charge is -2.26. The topological polar surface area (TPSA) is 79.6 Å². The molecule has 1 aliphatic heterocycles. The zero-order valence-corrected chi connectivity index (χ0v) is 16.4. The number of carbonyl (C=O) groups is 3. The van der Waals surface area contributed by atoms with Crippen molar-refractivity contribution >= 4 is 41.2 Å². The molecule has 0 atom stereocenters. The number of aryl methyl sites for hydroxylation is 1. The molecule has 0 spiro atoms. The Kier molecular flexibility index (Phi) is 4.97. The van der Waals surface area contributed by atoms with E-state index in [-0.39, 0.29) is 16.4 Å². The number of imide groups is 2. The number of carbonyl (C=O) groups excluding carboxylic acids is 3. The monoisotopic (exact) mass is 424 g/mol. The number of benzene rings is 2. The molecule has 2 heterocycles. The molecule has 4 amide bonds. The summed E-state index contributed by atoms with van der Waals surface area (Å²) >= 11 is 5.80. The first-order chi connectivity index (χ1) is 14.3. The van der Waals surface area contributed by atoms with Crippen LogP contribution in [0.4, 0.5) is 14.9 Å². The van der Waals surface area contributed by atoms with Crippen molar-refractivity contribution in [2.45, 2.75) is 6.92 Å². The molecular weight excluding hydrogens is 411 g/mol. The van der Waals surface area contributed by atoms with E-state index in [2.05, 4.69) is 5.32 Å². The van der Waals surface area contributed by atoms with E-state index in [9.17, 15) is 18.8 Å². The number of anilines is 1. The van der Waals surface area contributed by atoms with E-state index < -0.39 is 23.7 Å². The zero-order chi connectivity index (χ0) is 21.4. The molecule has 0 unspecified atom stereocenters. The Bertz CT molecular complexity index is 1230. The second-order valence-electron chi connectivity index (χ2n) is 6.63. The van der Waals surface area contributed by atoms with Crippen molar-refractivity contribution in [3.63, 3.8) is 0 Å². The lowest BCUT2D eigenvalue weighted by Crippen LogP contribution is -2.54. The van der Waals surface area contributed by atoms with Crippen LogP contribution in [-0.4, -0.2) is 17.8 Å². The molecule has 30 heavy (non-hydrogen) atoms. The van der Waals surface area contributed by atoms with Crippen LogP contribution < -0.4 is 10.2 Å². The maximum absolute atomic E-state index is 13.4. The second-order valence-corrected chi connectivity index (χ2v) is 7.03. The quantitative estimate of drug-likeness (QED) is 0.487. The standard InChI is InChI=1S/C22H14ClFN2O4/c1-12-3-2-4-14(9-12)26-21(28)16(20(27)25-22(26)29)11-15-6-8-19(30-15)13-5-7-18(24)17(23)10-13/h2-11H,1H3,(H,25,27,29)/b16-11+. The first-order valence-corrected chi connectivity index (χ1v) is 9.24. The van der Waals surface area contributed by atoms with Crippen LogP contribution in [0, 0.1) is 12.7 Å². The van der Waals surface area contributed by atoms with Gasteiger partial charge in [0.15, 0.2) is 0 Å². The molecule has 0 aliphatic carbocycles. The van der Waals surface area contributed by atoms with Gasteiger partial charge in [-0.05, 0) is 61.0 Å². The molecule has 3 aromatic rings. The molecular formula is C22H14ClFN2O4. The summed E-state index contributed by atoms with van der Waals surface area (Å²) in [5.41, 5.74) is 1.47. The number of rotatable bonds is 3. The van der Waals surface area contributed by atoms with Crippen molar-refractivity contribution in [1.29, 1.82) is 0 Å². The van der Waals surface area contributed by atoms with Gasteiger partial charge < -0.3 is 4.42 Å². The maximum atomic E-state index is 13.4. The predicted molar refractivity (Wildman–Crippen MR) is 109 cm³/mol. The van der Waals surface area contributed by atoms with E-state index in [1.54, 1.807) is 30.3 Å². The van der Waals surface area contributed by atoms with Crippen molar-refractivity contribution in [2.75, 3.05) is 4.90 Å². The number of nitrogens with zero attached hydrogens (tertiary/aromatic N) is 1. The fraction of sp³-hybridized carbons (Fsp3) is 0.0455. The van der Waals surface area contributed by atoms with E-state index in [1.807, 2.05) is 13.0 Å². The van der Waals surface area contributed by atoms with E-state index >= 15 is 0 Å². The van der Waals surface area contributed by atoms with Gasteiger partial charge in [0.2, 0.25) is 0 Å². The summed E-state index contributed by atoms with van der Waals surface area (Å²) in [4.78, 5) is 38.3. The Morgan fingerprint density at radius 1 is 1.07 bits per heavy atom. The van der Waals surface area contributed by atoms with Gasteiger partial charge in [-0.15, -0.1) is 0 Å². The molecule has 0 radical (unpaired) electrons. The SMILES string of the molecule is Cc1cccc(N2C(=O)NC(=O)/C(=C\c3ccc(-c4ccc(F)c(Cl)c4)o3)C2=O)c1. The Morgan fingerprint density at radius 3 is 2.60 bits per heavy atom. The molecule has 0 bridgehead atoms. The van der Waals surface area contributed by atoms with Gasteiger partial charge >= 0.3 is 6.03 Å². The highest BCUT2D eigenvalue weighted by Crippen LogP contribution is 2.28. The van der Waals surface area contributed by atoms with Crippen LogP contribution in [0.5, 0.6) is 0 Å². The number of urea groups is 1. The minimum atomic E-state index is -0.825. The van der Waals surface area contributed by atoms with Gasteiger partial charge in [-0.25, -0.2) is 14.1 Å². The number of amides is 4. The van der Waals surface area contributed by atoms with Crippen LogP contribution in [0.15, 0.2) is 64.6 Å². The summed E-state index contributed by atoms with van der Waals surface area (Å²) in [5, 5.41) is 2.10. The number of nitrogens with one attached hydrogen (secondary N) is 1. The number of hydrogen-bond donors (Lipinski definition) is 1. The third-order valence-electron chi connectivity index (χ3n) is 4.48. The lowest BCUT2D eigenvalue weighted by molar-refractivity contribution is -0.122. The van der Waals surface area contributed by atoms with Crippen LogP contribution in [-0.2, 0) is 9.59 Å². The van der Waals surface area contributed by atoms with Gasteiger partial charge in [0.05, 0.1) is 10.7 Å². The largest absolute Gasteiger partial charge is 0.457 e. The van der Waals surface area contributed by atoms with E-state index in [0.717, 1.165) is 10.5 Å². The summed E-state index contributed by atoms with van der Waals surface area (Å²) in [6.45, 7) is 1.82. The van der Waals surface area contributed by atoms with E-state index in [0.29, 0.717) is 17.0 Å². The Balaban J connectivity index is 1.68. The average molecular weight is 425 g/mol. The minimum Gasteiger partial charge on any atom is -0.457 e. The Labute approximate surface area is 175 Å². The highest BCUT2D eigenvalue weighted by atomic mass is 35.5. The average Bonchev–Trinajstić information content (AvgIpc) is 3.16. The fourth-order valence-corrected chi connectivity index (χ4v) is 3.22. The van der Waals surface area contributed by atoms with Gasteiger partial charge in [-0.2, -0.15) is 0 Å². The highest BCUT2D eigenvalue weighted by molar-refractivity contribution is 6.39. The molecule has 8 heteroatoms. The third-order valence-corrected chi connectivity index (χ3v) is 4.77. The normalized spacial score (nSPS) is 15.6. The first-order valence-electron chi connectivity index (χ1n) is 8.87. The zero-order valence-electron chi connectivity index (χ0n) is 15.6. The number of furan rings is 1. The number of barbiturate groups is 1.